The van der Waals surface area contributed by atoms with Gasteiger partial charge in [0, 0.05) is 32.1 Å². The Hall–Kier alpha value is -1.46. The summed E-state index contributed by atoms with van der Waals surface area (Å²) in [7, 11) is 1.98. The number of rotatable bonds is 7. The van der Waals surface area contributed by atoms with Crippen LogP contribution in [0.15, 0.2) is 24.5 Å². The number of hydrogen-bond acceptors (Lipinski definition) is 4. The van der Waals surface area contributed by atoms with Gasteiger partial charge in [-0.3, -0.25) is 14.7 Å². The van der Waals surface area contributed by atoms with Gasteiger partial charge < -0.3 is 9.64 Å². The van der Waals surface area contributed by atoms with E-state index in [4.69, 9.17) is 4.74 Å². The fraction of sp³-hybridized carbons (Fsp3) is 0.625. The lowest BCUT2D eigenvalue weighted by Gasteiger charge is -2.27. The molecule has 1 unspecified atom stereocenters. The van der Waals surface area contributed by atoms with Crippen LogP contribution in [0.2, 0.25) is 0 Å². The quantitative estimate of drug-likeness (QED) is 0.764. The predicted octanol–water partition coefficient (Wildman–Crippen LogP) is 1.54. The minimum absolute atomic E-state index is 0.203. The van der Waals surface area contributed by atoms with Gasteiger partial charge in [-0.25, -0.2) is 0 Å². The number of carbonyl (C=O) groups excluding carboxylic acids is 1. The van der Waals surface area contributed by atoms with Crippen molar-refractivity contribution in [1.29, 1.82) is 0 Å². The zero-order valence-electron chi connectivity index (χ0n) is 13.0. The number of hydrogen-bond donors (Lipinski definition) is 0. The van der Waals surface area contributed by atoms with Crippen molar-refractivity contribution >= 4 is 5.91 Å². The highest BCUT2D eigenvalue weighted by Crippen LogP contribution is 2.18. The van der Waals surface area contributed by atoms with Crippen molar-refractivity contribution in [2.75, 3.05) is 33.4 Å². The molecule has 5 nitrogen and oxygen atoms in total. The van der Waals surface area contributed by atoms with Crippen LogP contribution in [0.3, 0.4) is 0 Å². The van der Waals surface area contributed by atoms with Gasteiger partial charge >= 0.3 is 0 Å². The highest BCUT2D eigenvalue weighted by atomic mass is 16.5. The average molecular weight is 291 g/mol. The molecule has 0 bridgehead atoms. The largest absolute Gasteiger partial charge is 0.380 e. The zero-order chi connectivity index (χ0) is 15.1. The molecule has 1 aromatic rings. The lowest BCUT2D eigenvalue weighted by Crippen LogP contribution is -2.43. The number of ether oxygens (including phenoxy) is 1. The molecule has 1 saturated heterocycles. The van der Waals surface area contributed by atoms with Crippen LogP contribution >= 0.6 is 0 Å². The fourth-order valence-corrected chi connectivity index (χ4v) is 2.77. The van der Waals surface area contributed by atoms with Crippen molar-refractivity contribution in [3.05, 3.63) is 30.1 Å². The summed E-state index contributed by atoms with van der Waals surface area (Å²) in [6, 6.07) is 4.22. The molecular weight excluding hydrogens is 266 g/mol. The van der Waals surface area contributed by atoms with Crippen LogP contribution < -0.4 is 0 Å². The Morgan fingerprint density at radius 1 is 1.48 bits per heavy atom. The van der Waals surface area contributed by atoms with Crippen LogP contribution in [0, 0.1) is 0 Å². The first-order chi connectivity index (χ1) is 10.2. The van der Waals surface area contributed by atoms with E-state index in [1.54, 1.807) is 12.4 Å². The molecule has 21 heavy (non-hydrogen) atoms. The van der Waals surface area contributed by atoms with E-state index < -0.39 is 0 Å². The predicted molar refractivity (Wildman–Crippen MR) is 81.8 cm³/mol. The zero-order valence-corrected chi connectivity index (χ0v) is 13.0. The maximum Gasteiger partial charge on any atom is 0.237 e. The van der Waals surface area contributed by atoms with E-state index in [0.717, 1.165) is 25.9 Å². The Kier molecular flexibility index (Phi) is 6.14. The molecule has 0 aliphatic carbocycles. The summed E-state index contributed by atoms with van der Waals surface area (Å²) in [5.74, 6) is 0.203. The monoisotopic (exact) mass is 291 g/mol. The highest BCUT2D eigenvalue weighted by molar-refractivity contribution is 5.78. The summed E-state index contributed by atoms with van der Waals surface area (Å²) < 4.78 is 5.48. The number of aromatic nitrogens is 1. The van der Waals surface area contributed by atoms with Gasteiger partial charge in [0.2, 0.25) is 5.91 Å². The molecule has 0 radical (unpaired) electrons. The van der Waals surface area contributed by atoms with Crippen LogP contribution in [0.1, 0.15) is 25.3 Å². The maximum absolute atomic E-state index is 12.4. The molecule has 116 valence electrons. The number of carbonyl (C=O) groups is 1. The number of pyridine rings is 1. The van der Waals surface area contributed by atoms with Crippen molar-refractivity contribution in [3.63, 3.8) is 0 Å². The first kappa shape index (κ1) is 15.9. The number of nitrogens with zero attached hydrogens (tertiary/aromatic N) is 3. The van der Waals surface area contributed by atoms with Crippen LogP contribution in [0.25, 0.3) is 0 Å². The van der Waals surface area contributed by atoms with E-state index in [-0.39, 0.29) is 11.9 Å². The van der Waals surface area contributed by atoms with Crippen LogP contribution in [0.4, 0.5) is 0 Å². The fourth-order valence-electron chi connectivity index (χ4n) is 2.77. The molecule has 0 N–H and O–H groups in total. The highest BCUT2D eigenvalue weighted by Gasteiger charge is 2.28. The topological polar surface area (TPSA) is 45.7 Å². The molecule has 1 amide bonds. The molecule has 1 aliphatic rings. The second-order valence-electron chi connectivity index (χ2n) is 5.57. The SMILES string of the molecule is CCOCC1CCCN1C(=O)CN(C)Cc1ccncc1. The first-order valence-electron chi connectivity index (χ1n) is 7.65. The molecule has 1 aromatic heterocycles. The van der Waals surface area contributed by atoms with E-state index in [1.807, 2.05) is 35.9 Å². The lowest BCUT2D eigenvalue weighted by atomic mass is 10.2. The van der Waals surface area contributed by atoms with Crippen molar-refractivity contribution in [2.24, 2.45) is 0 Å². The van der Waals surface area contributed by atoms with Gasteiger partial charge in [-0.15, -0.1) is 0 Å². The molecule has 1 aliphatic heterocycles. The van der Waals surface area contributed by atoms with Gasteiger partial charge in [-0.1, -0.05) is 0 Å². The molecule has 2 rings (SSSR count). The summed E-state index contributed by atoms with van der Waals surface area (Å²) in [5.41, 5.74) is 1.17. The van der Waals surface area contributed by atoms with Gasteiger partial charge in [-0.05, 0) is 44.5 Å². The van der Waals surface area contributed by atoms with Crippen LogP contribution in [0.5, 0.6) is 0 Å². The molecule has 5 heteroatoms. The minimum Gasteiger partial charge on any atom is -0.380 e. The smallest absolute Gasteiger partial charge is 0.237 e. The summed E-state index contributed by atoms with van der Waals surface area (Å²) in [4.78, 5) is 20.5. The van der Waals surface area contributed by atoms with Gasteiger partial charge in [-0.2, -0.15) is 0 Å². The third-order valence-electron chi connectivity index (χ3n) is 3.82. The Labute approximate surface area is 126 Å². The summed E-state index contributed by atoms with van der Waals surface area (Å²) in [6.07, 6.45) is 5.70. The molecule has 1 fully saturated rings. The Morgan fingerprint density at radius 3 is 2.95 bits per heavy atom. The molecule has 0 saturated carbocycles. The molecule has 0 spiro atoms. The summed E-state index contributed by atoms with van der Waals surface area (Å²) in [6.45, 7) is 5.43. The van der Waals surface area contributed by atoms with Crippen molar-refractivity contribution < 1.29 is 9.53 Å². The van der Waals surface area contributed by atoms with Crippen LogP contribution in [-0.4, -0.2) is 60.1 Å². The Bertz CT molecular complexity index is 438. The molecule has 1 atom stereocenters. The van der Waals surface area contributed by atoms with Gasteiger partial charge in [0.15, 0.2) is 0 Å². The van der Waals surface area contributed by atoms with Gasteiger partial charge in [0.05, 0.1) is 19.2 Å². The van der Waals surface area contributed by atoms with E-state index in [9.17, 15) is 4.79 Å². The molecular formula is C16H25N3O2. The van der Waals surface area contributed by atoms with Gasteiger partial charge in [0.25, 0.3) is 0 Å². The third kappa shape index (κ3) is 4.79. The lowest BCUT2D eigenvalue weighted by molar-refractivity contribution is -0.134. The standard InChI is InChI=1S/C16H25N3O2/c1-3-21-13-15-5-4-10-19(15)16(20)12-18(2)11-14-6-8-17-9-7-14/h6-9,15H,3-5,10-13H2,1-2H3. The van der Waals surface area contributed by atoms with E-state index >= 15 is 0 Å². The van der Waals surface area contributed by atoms with Gasteiger partial charge in [0.1, 0.15) is 0 Å². The number of amides is 1. The first-order valence-corrected chi connectivity index (χ1v) is 7.65. The number of likely N-dealkylation sites (N-methyl/N-ethyl adjacent to an activating group) is 1. The molecule has 2 heterocycles. The average Bonchev–Trinajstić information content (AvgIpc) is 2.94. The van der Waals surface area contributed by atoms with E-state index in [2.05, 4.69) is 4.98 Å². The number of likely N-dealkylation sites (tertiary alicyclic amines) is 1. The third-order valence-corrected chi connectivity index (χ3v) is 3.82. The second kappa shape index (κ2) is 8.10. The van der Waals surface area contributed by atoms with E-state index in [1.165, 1.54) is 5.56 Å². The van der Waals surface area contributed by atoms with Crippen LogP contribution in [-0.2, 0) is 16.1 Å². The second-order valence-corrected chi connectivity index (χ2v) is 5.57. The Balaban J connectivity index is 1.82. The van der Waals surface area contributed by atoms with Crippen molar-refractivity contribution in [1.82, 2.24) is 14.8 Å². The molecule has 0 aromatic carbocycles. The Morgan fingerprint density at radius 2 is 2.24 bits per heavy atom. The normalized spacial score (nSPS) is 18.4. The minimum atomic E-state index is 0.203. The maximum atomic E-state index is 12.4. The summed E-state index contributed by atoms with van der Waals surface area (Å²) >= 11 is 0. The van der Waals surface area contributed by atoms with Crippen molar-refractivity contribution in [2.45, 2.75) is 32.4 Å². The summed E-state index contributed by atoms with van der Waals surface area (Å²) in [5, 5.41) is 0. The van der Waals surface area contributed by atoms with E-state index in [0.29, 0.717) is 19.8 Å². The van der Waals surface area contributed by atoms with Crippen molar-refractivity contribution in [3.8, 4) is 0 Å².